The van der Waals surface area contributed by atoms with Gasteiger partial charge in [-0.05, 0) is 84.3 Å². The van der Waals surface area contributed by atoms with E-state index >= 15 is 0 Å². The van der Waals surface area contributed by atoms with Crippen LogP contribution in [-0.2, 0) is 4.79 Å². The fourth-order valence-corrected chi connectivity index (χ4v) is 4.81. The van der Waals surface area contributed by atoms with Gasteiger partial charge in [-0.15, -0.1) is 0 Å². The van der Waals surface area contributed by atoms with Crippen molar-refractivity contribution in [1.82, 2.24) is 15.1 Å². The Morgan fingerprint density at radius 3 is 2.27 bits per heavy atom. The van der Waals surface area contributed by atoms with Crippen molar-refractivity contribution in [2.24, 2.45) is 5.92 Å². The molecule has 3 heterocycles. The summed E-state index contributed by atoms with van der Waals surface area (Å²) < 4.78 is 0. The lowest BCUT2D eigenvalue weighted by molar-refractivity contribution is -0.138. The molecule has 1 N–H and O–H groups in total. The van der Waals surface area contributed by atoms with Crippen molar-refractivity contribution in [2.45, 2.75) is 76.9 Å². The molecule has 1 amide bonds. The van der Waals surface area contributed by atoms with Crippen molar-refractivity contribution in [3.63, 3.8) is 0 Å². The average Bonchev–Trinajstić information content (AvgIpc) is 3.02. The van der Waals surface area contributed by atoms with Crippen LogP contribution in [-0.4, -0.2) is 60.0 Å². The summed E-state index contributed by atoms with van der Waals surface area (Å²) in [6.07, 6.45) is 8.83. The summed E-state index contributed by atoms with van der Waals surface area (Å²) in [6.45, 7) is 8.47. The molecule has 3 atom stereocenters. The first-order valence-corrected chi connectivity index (χ1v) is 9.42. The Bertz CT molecular complexity index is 363. The third-order valence-electron chi connectivity index (χ3n) is 6.14. The van der Waals surface area contributed by atoms with E-state index in [-0.39, 0.29) is 0 Å². The molecular formula is C18H33N3O. The molecule has 3 rings (SSSR count). The summed E-state index contributed by atoms with van der Waals surface area (Å²) in [5.74, 6) is 1.19. The Hall–Kier alpha value is -0.610. The molecule has 0 saturated carbocycles. The molecule has 3 aliphatic rings. The number of likely N-dealkylation sites (tertiary alicyclic amines) is 2. The number of amides is 1. The Morgan fingerprint density at radius 1 is 1.00 bits per heavy atom. The molecule has 0 spiro atoms. The van der Waals surface area contributed by atoms with Crippen LogP contribution in [0.15, 0.2) is 0 Å². The normalized spacial score (nSPS) is 35.0. The van der Waals surface area contributed by atoms with E-state index in [9.17, 15) is 4.79 Å². The maximum absolute atomic E-state index is 12.7. The highest BCUT2D eigenvalue weighted by Gasteiger charge is 2.32. The Kier molecular flexibility index (Phi) is 5.40. The molecule has 4 nitrogen and oxygen atoms in total. The van der Waals surface area contributed by atoms with E-state index in [2.05, 4.69) is 29.0 Å². The highest BCUT2D eigenvalue weighted by molar-refractivity contribution is 5.79. The van der Waals surface area contributed by atoms with Crippen molar-refractivity contribution in [3.8, 4) is 0 Å². The third-order valence-corrected chi connectivity index (χ3v) is 6.14. The second-order valence-corrected chi connectivity index (χ2v) is 7.75. The first-order chi connectivity index (χ1) is 10.6. The monoisotopic (exact) mass is 307 g/mol. The van der Waals surface area contributed by atoms with Gasteiger partial charge in [0, 0.05) is 18.1 Å². The minimum absolute atomic E-state index is 0.358. The summed E-state index contributed by atoms with van der Waals surface area (Å²) in [5.41, 5.74) is 0. The zero-order valence-electron chi connectivity index (χ0n) is 14.4. The van der Waals surface area contributed by atoms with Crippen molar-refractivity contribution in [3.05, 3.63) is 0 Å². The van der Waals surface area contributed by atoms with Crippen LogP contribution in [0.25, 0.3) is 0 Å². The van der Waals surface area contributed by atoms with Crippen LogP contribution in [0.3, 0.4) is 0 Å². The molecule has 3 saturated heterocycles. The van der Waals surface area contributed by atoms with Crippen LogP contribution in [0.2, 0.25) is 0 Å². The molecule has 0 aliphatic carbocycles. The van der Waals surface area contributed by atoms with Crippen LogP contribution in [0.1, 0.15) is 58.8 Å². The number of nitrogens with one attached hydrogen (secondary N) is 1. The van der Waals surface area contributed by atoms with E-state index in [0.29, 0.717) is 24.5 Å². The van der Waals surface area contributed by atoms with E-state index in [0.717, 1.165) is 25.0 Å². The number of nitrogens with zero attached hydrogens (tertiary/aromatic N) is 2. The third kappa shape index (κ3) is 3.65. The second kappa shape index (κ2) is 7.31. The summed E-state index contributed by atoms with van der Waals surface area (Å²) in [5, 5.41) is 3.65. The molecule has 0 aromatic carbocycles. The first kappa shape index (κ1) is 16.3. The number of carbonyl (C=O) groups excluding carboxylic acids is 1. The van der Waals surface area contributed by atoms with Crippen LogP contribution in [0.4, 0.5) is 0 Å². The lowest BCUT2D eigenvalue weighted by Gasteiger charge is -2.41. The molecule has 3 fully saturated rings. The first-order valence-electron chi connectivity index (χ1n) is 9.42. The second-order valence-electron chi connectivity index (χ2n) is 7.75. The van der Waals surface area contributed by atoms with Gasteiger partial charge in [-0.25, -0.2) is 0 Å². The van der Waals surface area contributed by atoms with Crippen molar-refractivity contribution < 1.29 is 4.79 Å². The number of carbonyl (C=O) groups is 1. The molecule has 0 aromatic rings. The molecule has 4 heteroatoms. The van der Waals surface area contributed by atoms with Gasteiger partial charge >= 0.3 is 0 Å². The predicted molar refractivity (Wildman–Crippen MR) is 89.8 cm³/mol. The summed E-state index contributed by atoms with van der Waals surface area (Å²) >= 11 is 0. The van der Waals surface area contributed by atoms with E-state index in [1.807, 2.05) is 0 Å². The molecule has 0 bridgehead atoms. The molecule has 0 radical (unpaired) electrons. The van der Waals surface area contributed by atoms with E-state index in [1.54, 1.807) is 0 Å². The van der Waals surface area contributed by atoms with Crippen LogP contribution in [0.5, 0.6) is 0 Å². The Morgan fingerprint density at radius 2 is 1.68 bits per heavy atom. The zero-order chi connectivity index (χ0) is 15.5. The molecule has 126 valence electrons. The largest absolute Gasteiger partial charge is 0.336 e. The fourth-order valence-electron chi connectivity index (χ4n) is 4.81. The van der Waals surface area contributed by atoms with Crippen molar-refractivity contribution in [1.29, 1.82) is 0 Å². The maximum atomic E-state index is 12.7. The molecule has 0 aromatic heterocycles. The van der Waals surface area contributed by atoms with Crippen LogP contribution in [0, 0.1) is 5.92 Å². The molecular weight excluding hydrogens is 274 g/mol. The van der Waals surface area contributed by atoms with Gasteiger partial charge in [0.05, 0.1) is 6.54 Å². The quantitative estimate of drug-likeness (QED) is 0.868. The molecule has 3 unspecified atom stereocenters. The number of hydrogen-bond acceptors (Lipinski definition) is 3. The van der Waals surface area contributed by atoms with E-state index in [4.69, 9.17) is 0 Å². The SMILES string of the molecule is CC1CCCC(C)N1C(=O)CN1CCC(C2CCCN2)CC1. The summed E-state index contributed by atoms with van der Waals surface area (Å²) in [7, 11) is 0. The highest BCUT2D eigenvalue weighted by atomic mass is 16.2. The highest BCUT2D eigenvalue weighted by Crippen LogP contribution is 2.26. The fraction of sp³-hybridized carbons (Fsp3) is 0.944. The van der Waals surface area contributed by atoms with Gasteiger partial charge in [0.25, 0.3) is 0 Å². The smallest absolute Gasteiger partial charge is 0.237 e. The standard InChI is InChI=1S/C18H33N3O/c1-14-5-3-6-15(2)21(14)18(22)13-20-11-8-16(9-12-20)17-7-4-10-19-17/h14-17,19H,3-13H2,1-2H3. The summed E-state index contributed by atoms with van der Waals surface area (Å²) in [6, 6.07) is 1.60. The van der Waals surface area contributed by atoms with Gasteiger partial charge in [0.15, 0.2) is 0 Å². The minimum atomic E-state index is 0.358. The maximum Gasteiger partial charge on any atom is 0.237 e. The van der Waals surface area contributed by atoms with Gasteiger partial charge in [-0.1, -0.05) is 0 Å². The van der Waals surface area contributed by atoms with Crippen molar-refractivity contribution >= 4 is 5.91 Å². The van der Waals surface area contributed by atoms with Crippen LogP contribution < -0.4 is 5.32 Å². The van der Waals surface area contributed by atoms with Crippen molar-refractivity contribution in [2.75, 3.05) is 26.2 Å². The Balaban J connectivity index is 1.46. The number of rotatable bonds is 3. The van der Waals surface area contributed by atoms with Gasteiger partial charge < -0.3 is 10.2 Å². The summed E-state index contributed by atoms with van der Waals surface area (Å²) in [4.78, 5) is 17.2. The lowest BCUT2D eigenvalue weighted by atomic mass is 9.88. The van der Waals surface area contributed by atoms with Crippen LogP contribution >= 0.6 is 0 Å². The number of piperidine rings is 2. The van der Waals surface area contributed by atoms with E-state index < -0.39 is 0 Å². The Labute approximate surface area is 135 Å². The van der Waals surface area contributed by atoms with Gasteiger partial charge in [-0.2, -0.15) is 0 Å². The van der Waals surface area contributed by atoms with Gasteiger partial charge in [-0.3, -0.25) is 9.69 Å². The molecule has 22 heavy (non-hydrogen) atoms. The number of hydrogen-bond donors (Lipinski definition) is 1. The lowest BCUT2D eigenvalue weighted by Crippen LogP contribution is -2.52. The van der Waals surface area contributed by atoms with Gasteiger partial charge in [0.2, 0.25) is 5.91 Å². The topological polar surface area (TPSA) is 35.6 Å². The zero-order valence-corrected chi connectivity index (χ0v) is 14.4. The van der Waals surface area contributed by atoms with Gasteiger partial charge in [0.1, 0.15) is 0 Å². The molecule has 3 aliphatic heterocycles. The average molecular weight is 307 g/mol. The predicted octanol–water partition coefficient (Wildman–Crippen LogP) is 2.24. The minimum Gasteiger partial charge on any atom is -0.336 e. The van der Waals surface area contributed by atoms with E-state index in [1.165, 1.54) is 51.5 Å².